The van der Waals surface area contributed by atoms with Gasteiger partial charge in [0.2, 0.25) is 5.43 Å². The summed E-state index contributed by atoms with van der Waals surface area (Å²) in [7, 11) is 0. The van der Waals surface area contributed by atoms with E-state index in [-0.39, 0.29) is 24.0 Å². The van der Waals surface area contributed by atoms with Crippen LogP contribution in [0.15, 0.2) is 29.2 Å². The second-order valence-electron chi connectivity index (χ2n) is 4.33. The third-order valence-corrected chi connectivity index (χ3v) is 3.15. The van der Waals surface area contributed by atoms with Crippen molar-refractivity contribution < 1.29 is 9.53 Å². The number of carbonyl (C=O) groups excluding carboxylic acids is 1. The minimum atomic E-state index is -0.605. The van der Waals surface area contributed by atoms with Crippen LogP contribution in [0, 0.1) is 19.3 Å². The Bertz CT molecular complexity index is 766. The number of esters is 1. The summed E-state index contributed by atoms with van der Waals surface area (Å²) in [6.45, 7) is 3.65. The number of ether oxygens (including phenoxy) is 1. The first kappa shape index (κ1) is 13.9. The number of fused-ring (bicyclic) bond motifs is 1. The summed E-state index contributed by atoms with van der Waals surface area (Å²) in [6.07, 6.45) is 7.31. The lowest BCUT2D eigenvalue weighted by atomic mass is 10.0. The average molecular weight is 269 g/mol. The van der Waals surface area contributed by atoms with Crippen LogP contribution in [0.4, 0.5) is 0 Å². The van der Waals surface area contributed by atoms with E-state index in [1.54, 1.807) is 24.4 Å². The maximum Gasteiger partial charge on any atom is 0.343 e. The minimum Gasteiger partial charge on any atom is -0.462 e. The minimum absolute atomic E-state index is 0.0563. The number of hydrogen-bond donors (Lipinski definition) is 0. The van der Waals surface area contributed by atoms with Gasteiger partial charge in [-0.05, 0) is 26.0 Å². The number of carbonyl (C=O) groups is 1. The van der Waals surface area contributed by atoms with Crippen molar-refractivity contribution in [1.29, 1.82) is 0 Å². The fourth-order valence-corrected chi connectivity index (χ4v) is 2.25. The van der Waals surface area contributed by atoms with Crippen molar-refractivity contribution in [2.75, 3.05) is 6.61 Å². The molecule has 0 aliphatic rings. The molecule has 0 amide bonds. The van der Waals surface area contributed by atoms with Crippen molar-refractivity contribution in [1.82, 2.24) is 4.40 Å². The largest absolute Gasteiger partial charge is 0.462 e. The molecule has 0 bridgehead atoms. The van der Waals surface area contributed by atoms with E-state index in [4.69, 9.17) is 11.2 Å². The number of aromatic nitrogens is 1. The van der Waals surface area contributed by atoms with Crippen LogP contribution in [0.3, 0.4) is 0 Å². The van der Waals surface area contributed by atoms with Crippen LogP contribution in [0.5, 0.6) is 0 Å². The van der Waals surface area contributed by atoms with Crippen molar-refractivity contribution in [3.05, 3.63) is 51.4 Å². The molecule has 0 N–H and O–H groups in total. The molecule has 0 aromatic carbocycles. The Labute approximate surface area is 117 Å². The van der Waals surface area contributed by atoms with Crippen LogP contribution in [0.25, 0.3) is 5.52 Å². The van der Waals surface area contributed by atoms with Crippen LogP contribution in [-0.4, -0.2) is 17.0 Å². The Kier molecular flexibility index (Phi) is 3.90. The standard InChI is InChI=1S/C16H15NO3/c1-4-8-12-13-9-6-7-10-17(13)11(3)14(15(12)18)16(19)20-5-2/h1,6-7,9-10H,5,8H2,2-3H3. The van der Waals surface area contributed by atoms with Crippen LogP contribution < -0.4 is 5.43 Å². The van der Waals surface area contributed by atoms with E-state index in [0.29, 0.717) is 11.3 Å². The Balaban J connectivity index is 2.86. The van der Waals surface area contributed by atoms with E-state index in [9.17, 15) is 9.59 Å². The summed E-state index contributed by atoms with van der Waals surface area (Å²) < 4.78 is 6.76. The first-order chi connectivity index (χ1) is 9.61. The van der Waals surface area contributed by atoms with E-state index in [1.165, 1.54) is 0 Å². The second-order valence-corrected chi connectivity index (χ2v) is 4.33. The molecule has 0 saturated heterocycles. The van der Waals surface area contributed by atoms with Crippen molar-refractivity contribution in [2.24, 2.45) is 0 Å². The molecule has 102 valence electrons. The SMILES string of the molecule is C#CCc1c(=O)c(C(=O)OCC)c(C)n2ccccc12. The molecule has 2 rings (SSSR count). The van der Waals surface area contributed by atoms with E-state index in [1.807, 2.05) is 18.2 Å². The quantitative estimate of drug-likeness (QED) is 0.632. The van der Waals surface area contributed by atoms with Gasteiger partial charge >= 0.3 is 5.97 Å². The highest BCUT2D eigenvalue weighted by atomic mass is 16.5. The predicted octanol–water partition coefficient (Wildman–Crippen LogP) is 1.96. The molecule has 4 heteroatoms. The van der Waals surface area contributed by atoms with Crippen LogP contribution in [0.1, 0.15) is 28.5 Å². The molecule has 0 aliphatic heterocycles. The first-order valence-corrected chi connectivity index (χ1v) is 6.35. The van der Waals surface area contributed by atoms with Crippen molar-refractivity contribution in [3.63, 3.8) is 0 Å². The van der Waals surface area contributed by atoms with Crippen molar-refractivity contribution in [3.8, 4) is 12.3 Å². The lowest BCUT2D eigenvalue weighted by Crippen LogP contribution is -2.25. The zero-order valence-corrected chi connectivity index (χ0v) is 11.5. The molecular weight excluding hydrogens is 254 g/mol. The number of terminal acetylenes is 1. The summed E-state index contributed by atoms with van der Waals surface area (Å²) in [5, 5.41) is 0. The monoisotopic (exact) mass is 269 g/mol. The van der Waals surface area contributed by atoms with Gasteiger partial charge in [-0.15, -0.1) is 12.3 Å². The molecule has 2 aromatic rings. The molecule has 0 aliphatic carbocycles. The molecular formula is C16H15NO3. The van der Waals surface area contributed by atoms with Gasteiger partial charge in [-0.3, -0.25) is 4.79 Å². The van der Waals surface area contributed by atoms with Crippen LogP contribution in [0.2, 0.25) is 0 Å². The smallest absolute Gasteiger partial charge is 0.343 e. The van der Waals surface area contributed by atoms with Gasteiger partial charge in [-0.1, -0.05) is 6.07 Å². The zero-order chi connectivity index (χ0) is 14.7. The van der Waals surface area contributed by atoms with E-state index in [2.05, 4.69) is 5.92 Å². The fourth-order valence-electron chi connectivity index (χ4n) is 2.25. The number of pyridine rings is 2. The summed E-state index contributed by atoms with van der Waals surface area (Å²) in [5.74, 6) is 1.86. The highest BCUT2D eigenvalue weighted by molar-refractivity contribution is 5.91. The third-order valence-electron chi connectivity index (χ3n) is 3.15. The number of rotatable bonds is 3. The van der Waals surface area contributed by atoms with Gasteiger partial charge in [0, 0.05) is 23.9 Å². The molecule has 0 atom stereocenters. The maximum absolute atomic E-state index is 12.5. The van der Waals surface area contributed by atoms with Crippen molar-refractivity contribution >= 4 is 11.5 Å². The maximum atomic E-state index is 12.5. The molecule has 4 nitrogen and oxygen atoms in total. The molecule has 20 heavy (non-hydrogen) atoms. The summed E-state index contributed by atoms with van der Waals surface area (Å²) in [5.41, 5.74) is 1.44. The molecule has 0 fully saturated rings. The van der Waals surface area contributed by atoms with Crippen LogP contribution >= 0.6 is 0 Å². The lowest BCUT2D eigenvalue weighted by Gasteiger charge is -2.13. The van der Waals surface area contributed by atoms with Gasteiger partial charge in [-0.2, -0.15) is 0 Å². The van der Waals surface area contributed by atoms with E-state index >= 15 is 0 Å². The third kappa shape index (κ3) is 2.19. The van der Waals surface area contributed by atoms with Gasteiger partial charge in [0.15, 0.2) is 0 Å². The average Bonchev–Trinajstić information content (AvgIpc) is 2.44. The van der Waals surface area contributed by atoms with Gasteiger partial charge in [-0.25, -0.2) is 4.79 Å². The lowest BCUT2D eigenvalue weighted by molar-refractivity contribution is 0.0523. The van der Waals surface area contributed by atoms with Gasteiger partial charge in [0.1, 0.15) is 5.56 Å². The van der Waals surface area contributed by atoms with Gasteiger partial charge in [0.25, 0.3) is 0 Å². The fraction of sp³-hybridized carbons (Fsp3) is 0.250. The Morgan fingerprint density at radius 1 is 1.45 bits per heavy atom. The topological polar surface area (TPSA) is 47.8 Å². The molecule has 2 aromatic heterocycles. The normalized spacial score (nSPS) is 10.2. The first-order valence-electron chi connectivity index (χ1n) is 6.35. The number of aryl methyl sites for hydroxylation is 1. The number of hydrogen-bond acceptors (Lipinski definition) is 3. The molecule has 2 heterocycles. The Morgan fingerprint density at radius 2 is 2.20 bits per heavy atom. The highest BCUT2D eigenvalue weighted by Gasteiger charge is 2.20. The van der Waals surface area contributed by atoms with E-state index in [0.717, 1.165) is 5.52 Å². The van der Waals surface area contributed by atoms with E-state index < -0.39 is 5.97 Å². The van der Waals surface area contributed by atoms with Gasteiger partial charge < -0.3 is 9.14 Å². The van der Waals surface area contributed by atoms with Crippen LogP contribution in [-0.2, 0) is 11.2 Å². The second kappa shape index (κ2) is 5.62. The molecule has 0 unspecified atom stereocenters. The molecule has 0 spiro atoms. The molecule has 0 saturated carbocycles. The summed E-state index contributed by atoms with van der Waals surface area (Å²) in [4.78, 5) is 24.5. The summed E-state index contributed by atoms with van der Waals surface area (Å²) in [6, 6.07) is 5.48. The Hall–Kier alpha value is -2.54. The van der Waals surface area contributed by atoms with Crippen molar-refractivity contribution in [2.45, 2.75) is 20.3 Å². The highest BCUT2D eigenvalue weighted by Crippen LogP contribution is 2.14. The summed E-state index contributed by atoms with van der Waals surface area (Å²) >= 11 is 0. The Morgan fingerprint density at radius 3 is 2.85 bits per heavy atom. The predicted molar refractivity (Wildman–Crippen MR) is 76.9 cm³/mol. The zero-order valence-electron chi connectivity index (χ0n) is 11.5. The number of nitrogens with zero attached hydrogens (tertiary/aromatic N) is 1. The van der Waals surface area contributed by atoms with Gasteiger partial charge in [0.05, 0.1) is 12.1 Å². The molecule has 0 radical (unpaired) electrons.